The van der Waals surface area contributed by atoms with Crippen molar-refractivity contribution in [1.29, 1.82) is 0 Å². The van der Waals surface area contributed by atoms with Gasteiger partial charge in [0.05, 0.1) is 20.8 Å². The molecule has 0 aliphatic carbocycles. The lowest BCUT2D eigenvalue weighted by Crippen LogP contribution is -2.05. The highest BCUT2D eigenvalue weighted by molar-refractivity contribution is 5.89. The summed E-state index contributed by atoms with van der Waals surface area (Å²) in [6, 6.07) is 9.56. The second-order valence-corrected chi connectivity index (χ2v) is 5.68. The molecule has 0 aliphatic heterocycles. The fourth-order valence-corrected chi connectivity index (χ4v) is 2.33. The minimum Gasteiger partial charge on any atom is -0.504 e. The Bertz CT molecular complexity index is 929. The Morgan fingerprint density at radius 2 is 1.45 bits per heavy atom. The van der Waals surface area contributed by atoms with E-state index in [9.17, 15) is 14.7 Å². The molecule has 0 radical (unpaired) electrons. The number of benzene rings is 2. The van der Waals surface area contributed by atoms with Crippen LogP contribution in [-0.2, 0) is 14.3 Å². The van der Waals surface area contributed by atoms with Gasteiger partial charge in [-0.05, 0) is 54.5 Å². The van der Waals surface area contributed by atoms with E-state index >= 15 is 0 Å². The lowest BCUT2D eigenvalue weighted by Gasteiger charge is -2.09. The molecule has 2 aromatic rings. The van der Waals surface area contributed by atoms with Crippen molar-refractivity contribution in [1.82, 2.24) is 0 Å². The first-order chi connectivity index (χ1) is 14.0. The highest BCUT2D eigenvalue weighted by Crippen LogP contribution is 2.29. The van der Waals surface area contributed by atoms with E-state index < -0.39 is 11.9 Å². The Morgan fingerprint density at radius 1 is 0.862 bits per heavy atom. The van der Waals surface area contributed by atoms with Gasteiger partial charge >= 0.3 is 11.9 Å². The Kier molecular flexibility index (Phi) is 7.85. The number of phenols is 1. The van der Waals surface area contributed by atoms with Crippen LogP contribution in [0.15, 0.2) is 48.6 Å². The van der Waals surface area contributed by atoms with Crippen molar-refractivity contribution in [2.45, 2.75) is 6.92 Å². The van der Waals surface area contributed by atoms with Crippen LogP contribution in [0.3, 0.4) is 0 Å². The molecule has 0 saturated heterocycles. The van der Waals surface area contributed by atoms with Crippen LogP contribution in [0.5, 0.6) is 23.0 Å². The van der Waals surface area contributed by atoms with E-state index in [0.29, 0.717) is 29.2 Å². The molecule has 7 nitrogen and oxygen atoms in total. The monoisotopic (exact) mass is 398 g/mol. The normalized spacial score (nSPS) is 10.9. The van der Waals surface area contributed by atoms with Crippen molar-refractivity contribution >= 4 is 24.1 Å². The van der Waals surface area contributed by atoms with Gasteiger partial charge in [-0.3, -0.25) is 0 Å². The summed E-state index contributed by atoms with van der Waals surface area (Å²) in [7, 11) is 2.89. The SMILES string of the molecule is CCOC(=O)C=Cc1ccc(OC(=O)C=Cc2ccc(O)c(OC)c2)c(OC)c1. The number of hydrogen-bond acceptors (Lipinski definition) is 7. The van der Waals surface area contributed by atoms with Crippen molar-refractivity contribution in [2.75, 3.05) is 20.8 Å². The number of esters is 2. The Hall–Kier alpha value is -3.74. The molecule has 7 heteroatoms. The van der Waals surface area contributed by atoms with E-state index in [-0.39, 0.29) is 11.5 Å². The average Bonchev–Trinajstić information content (AvgIpc) is 2.72. The van der Waals surface area contributed by atoms with Gasteiger partial charge in [0.15, 0.2) is 23.0 Å². The highest BCUT2D eigenvalue weighted by Gasteiger charge is 2.09. The molecule has 0 atom stereocenters. The minimum atomic E-state index is -0.606. The predicted molar refractivity (Wildman–Crippen MR) is 108 cm³/mol. The summed E-state index contributed by atoms with van der Waals surface area (Å²) in [6.45, 7) is 2.02. The number of carbonyl (C=O) groups is 2. The van der Waals surface area contributed by atoms with E-state index in [4.69, 9.17) is 18.9 Å². The van der Waals surface area contributed by atoms with Crippen molar-refractivity contribution in [3.8, 4) is 23.0 Å². The van der Waals surface area contributed by atoms with Crippen molar-refractivity contribution < 1.29 is 33.6 Å². The lowest BCUT2D eigenvalue weighted by atomic mass is 10.2. The summed E-state index contributed by atoms with van der Waals surface area (Å²) in [6.07, 6.45) is 5.66. The molecule has 0 aromatic heterocycles. The summed E-state index contributed by atoms with van der Waals surface area (Å²) >= 11 is 0. The van der Waals surface area contributed by atoms with Crippen molar-refractivity contribution in [3.05, 3.63) is 59.7 Å². The van der Waals surface area contributed by atoms with Crippen LogP contribution in [-0.4, -0.2) is 37.9 Å². The van der Waals surface area contributed by atoms with Crippen molar-refractivity contribution in [3.63, 3.8) is 0 Å². The summed E-state index contributed by atoms with van der Waals surface area (Å²) in [4.78, 5) is 23.5. The molecule has 2 aromatic carbocycles. The maximum atomic E-state index is 12.1. The van der Waals surface area contributed by atoms with Gasteiger partial charge in [0, 0.05) is 12.2 Å². The first-order valence-electron chi connectivity index (χ1n) is 8.76. The minimum absolute atomic E-state index is 0.00839. The predicted octanol–water partition coefficient (Wildman–Crippen LogP) is 3.60. The molecule has 2 rings (SSSR count). The molecule has 0 heterocycles. The third-order valence-electron chi connectivity index (χ3n) is 3.71. The van der Waals surface area contributed by atoms with E-state index in [1.807, 2.05) is 0 Å². The summed E-state index contributed by atoms with van der Waals surface area (Å²) in [5, 5.41) is 9.60. The number of aromatic hydroxyl groups is 1. The van der Waals surface area contributed by atoms with Gasteiger partial charge in [-0.1, -0.05) is 12.1 Å². The third-order valence-corrected chi connectivity index (χ3v) is 3.71. The van der Waals surface area contributed by atoms with Crippen LogP contribution < -0.4 is 14.2 Å². The third kappa shape index (κ3) is 6.42. The molecule has 152 valence electrons. The number of ether oxygens (including phenoxy) is 4. The highest BCUT2D eigenvalue weighted by atomic mass is 16.6. The summed E-state index contributed by atoms with van der Waals surface area (Å²) in [5.41, 5.74) is 1.34. The smallest absolute Gasteiger partial charge is 0.336 e. The summed E-state index contributed by atoms with van der Waals surface area (Å²) in [5.74, 6) is -0.173. The molecule has 0 unspecified atom stereocenters. The Labute approximate surface area is 168 Å². The van der Waals surface area contributed by atoms with Crippen LogP contribution in [0, 0.1) is 0 Å². The van der Waals surface area contributed by atoms with Gasteiger partial charge in [0.2, 0.25) is 0 Å². The standard InChI is InChI=1S/C22H22O7/c1-4-28-21(24)11-7-16-6-10-18(20(14-16)27-3)29-22(25)12-8-15-5-9-17(23)19(13-15)26-2/h5-14,23H,4H2,1-3H3. The second kappa shape index (κ2) is 10.6. The fraction of sp³-hybridized carbons (Fsp3) is 0.182. The molecule has 0 spiro atoms. The molecule has 0 bridgehead atoms. The van der Waals surface area contributed by atoms with Gasteiger partial charge in [0.25, 0.3) is 0 Å². The second-order valence-electron chi connectivity index (χ2n) is 5.68. The van der Waals surface area contributed by atoms with E-state index in [0.717, 1.165) is 0 Å². The molecular weight excluding hydrogens is 376 g/mol. The Morgan fingerprint density at radius 3 is 2.07 bits per heavy atom. The van der Waals surface area contributed by atoms with E-state index in [1.54, 1.807) is 43.3 Å². The maximum Gasteiger partial charge on any atom is 0.336 e. The van der Waals surface area contributed by atoms with E-state index in [1.165, 1.54) is 38.5 Å². The molecule has 1 N–H and O–H groups in total. The van der Waals surface area contributed by atoms with Crippen LogP contribution in [0.1, 0.15) is 18.1 Å². The zero-order chi connectivity index (χ0) is 21.2. The molecular formula is C22H22O7. The summed E-state index contributed by atoms with van der Waals surface area (Å²) < 4.78 is 20.4. The van der Waals surface area contributed by atoms with Crippen molar-refractivity contribution in [2.24, 2.45) is 0 Å². The molecule has 0 aliphatic rings. The van der Waals surface area contributed by atoms with Gasteiger partial charge in [0.1, 0.15) is 0 Å². The Balaban J connectivity index is 2.08. The quantitative estimate of drug-likeness (QED) is 0.413. The van der Waals surface area contributed by atoms with Crippen LogP contribution >= 0.6 is 0 Å². The molecule has 29 heavy (non-hydrogen) atoms. The largest absolute Gasteiger partial charge is 0.504 e. The number of methoxy groups -OCH3 is 2. The van der Waals surface area contributed by atoms with Crippen LogP contribution in [0.25, 0.3) is 12.2 Å². The first-order valence-corrected chi connectivity index (χ1v) is 8.76. The first kappa shape index (κ1) is 21.6. The number of phenolic OH excluding ortho intramolecular Hbond substituents is 1. The lowest BCUT2D eigenvalue weighted by molar-refractivity contribution is -0.137. The molecule has 0 saturated carbocycles. The zero-order valence-corrected chi connectivity index (χ0v) is 16.4. The molecule has 0 amide bonds. The number of hydrogen-bond donors (Lipinski definition) is 1. The zero-order valence-electron chi connectivity index (χ0n) is 16.4. The number of carbonyl (C=O) groups excluding carboxylic acids is 2. The van der Waals surface area contributed by atoms with Gasteiger partial charge in [-0.15, -0.1) is 0 Å². The van der Waals surface area contributed by atoms with E-state index in [2.05, 4.69) is 0 Å². The molecule has 0 fully saturated rings. The maximum absolute atomic E-state index is 12.1. The van der Waals surface area contributed by atoms with Gasteiger partial charge in [-0.2, -0.15) is 0 Å². The fourth-order valence-electron chi connectivity index (χ4n) is 2.33. The van der Waals surface area contributed by atoms with Gasteiger partial charge < -0.3 is 24.1 Å². The topological polar surface area (TPSA) is 91.3 Å². The van der Waals surface area contributed by atoms with Crippen LogP contribution in [0.2, 0.25) is 0 Å². The number of rotatable bonds is 8. The average molecular weight is 398 g/mol. The van der Waals surface area contributed by atoms with Crippen LogP contribution in [0.4, 0.5) is 0 Å². The van der Waals surface area contributed by atoms with Gasteiger partial charge in [-0.25, -0.2) is 9.59 Å².